The Labute approximate surface area is 146 Å². The summed E-state index contributed by atoms with van der Waals surface area (Å²) in [5, 5.41) is 8.37. The van der Waals surface area contributed by atoms with Crippen molar-refractivity contribution < 1.29 is 9.53 Å². The van der Waals surface area contributed by atoms with E-state index in [1.54, 1.807) is 11.3 Å². The lowest BCUT2D eigenvalue weighted by Crippen LogP contribution is -2.48. The number of carbonyl (C=O) groups is 1. The molecule has 3 rings (SSSR count). The number of morpholine rings is 1. The van der Waals surface area contributed by atoms with Gasteiger partial charge in [0, 0.05) is 18.0 Å². The number of ether oxygens (including phenoxy) is 1. The molecule has 2 aromatic rings. The summed E-state index contributed by atoms with van der Waals surface area (Å²) in [6, 6.07) is 14.3. The molecule has 1 fully saturated rings. The highest BCUT2D eigenvalue weighted by Gasteiger charge is 2.25. The molecule has 1 aromatic carbocycles. The highest BCUT2D eigenvalue weighted by Crippen LogP contribution is 2.23. The predicted octanol–water partition coefficient (Wildman–Crippen LogP) is 2.56. The van der Waals surface area contributed by atoms with Crippen LogP contribution < -0.4 is 10.6 Å². The number of amides is 1. The van der Waals surface area contributed by atoms with Gasteiger partial charge in [-0.1, -0.05) is 36.4 Å². The van der Waals surface area contributed by atoms with Crippen LogP contribution in [0.5, 0.6) is 0 Å². The maximum atomic E-state index is 12.4. The molecular weight excluding hydrogens is 332 g/mol. The molecule has 0 aliphatic carbocycles. The Morgan fingerprint density at radius 2 is 2.13 bits per heavy atom. The first-order valence-corrected chi connectivity index (χ1v) is 8.41. The molecule has 1 saturated heterocycles. The Morgan fingerprint density at radius 1 is 1.30 bits per heavy atom. The van der Waals surface area contributed by atoms with Crippen molar-refractivity contribution in [1.82, 2.24) is 10.6 Å². The van der Waals surface area contributed by atoms with Gasteiger partial charge >= 0.3 is 0 Å². The second kappa shape index (κ2) is 9.03. The van der Waals surface area contributed by atoms with Crippen molar-refractivity contribution in [1.29, 1.82) is 0 Å². The Bertz CT molecular complexity index is 586. The highest BCUT2D eigenvalue weighted by atomic mass is 35.5. The fourth-order valence-corrected chi connectivity index (χ4v) is 3.34. The average molecular weight is 353 g/mol. The second-order valence-electron chi connectivity index (χ2n) is 5.33. The number of hydrogen-bond acceptors (Lipinski definition) is 4. The summed E-state index contributed by atoms with van der Waals surface area (Å²) in [5.74, 6) is -0.0402. The second-order valence-corrected chi connectivity index (χ2v) is 6.31. The maximum Gasteiger partial charge on any atom is 0.250 e. The minimum absolute atomic E-state index is 0. The lowest BCUT2D eigenvalue weighted by Gasteiger charge is -2.25. The first kappa shape index (κ1) is 17.9. The molecule has 4 nitrogen and oxygen atoms in total. The van der Waals surface area contributed by atoms with Gasteiger partial charge in [0.2, 0.25) is 0 Å². The molecule has 2 N–H and O–H groups in total. The maximum absolute atomic E-state index is 12.4. The number of benzene rings is 1. The fourth-order valence-electron chi connectivity index (χ4n) is 2.56. The van der Waals surface area contributed by atoms with Gasteiger partial charge < -0.3 is 15.4 Å². The minimum atomic E-state index is -0.396. The van der Waals surface area contributed by atoms with Crippen LogP contribution in [0.3, 0.4) is 0 Å². The number of carbonyl (C=O) groups excluding carboxylic acids is 1. The molecule has 0 radical (unpaired) electrons. The molecule has 1 aliphatic rings. The van der Waals surface area contributed by atoms with E-state index in [1.807, 2.05) is 29.6 Å². The topological polar surface area (TPSA) is 50.4 Å². The molecule has 2 atom stereocenters. The van der Waals surface area contributed by atoms with E-state index in [9.17, 15) is 4.79 Å². The van der Waals surface area contributed by atoms with Crippen molar-refractivity contribution in [3.63, 3.8) is 0 Å². The van der Waals surface area contributed by atoms with Gasteiger partial charge in [-0.15, -0.1) is 23.7 Å². The Hall–Kier alpha value is -1.40. The van der Waals surface area contributed by atoms with Crippen molar-refractivity contribution in [2.45, 2.75) is 18.6 Å². The van der Waals surface area contributed by atoms with Gasteiger partial charge in [0.15, 0.2) is 0 Å². The Morgan fingerprint density at radius 3 is 2.78 bits per heavy atom. The number of halogens is 1. The lowest BCUT2D eigenvalue weighted by molar-refractivity contribution is -0.135. The van der Waals surface area contributed by atoms with E-state index in [0.717, 1.165) is 13.0 Å². The van der Waals surface area contributed by atoms with Crippen LogP contribution in [-0.2, 0) is 16.0 Å². The van der Waals surface area contributed by atoms with Crippen LogP contribution in [0.2, 0.25) is 0 Å². The van der Waals surface area contributed by atoms with Gasteiger partial charge in [-0.3, -0.25) is 4.79 Å². The molecular formula is C17H21ClN2O2S. The third-order valence-corrected chi connectivity index (χ3v) is 4.69. The molecule has 0 bridgehead atoms. The summed E-state index contributed by atoms with van der Waals surface area (Å²) in [6.07, 6.45) is 0.389. The van der Waals surface area contributed by atoms with Crippen LogP contribution in [0.1, 0.15) is 16.5 Å². The van der Waals surface area contributed by atoms with Crippen molar-refractivity contribution in [2.75, 3.05) is 19.7 Å². The van der Waals surface area contributed by atoms with Crippen LogP contribution >= 0.6 is 23.7 Å². The van der Waals surface area contributed by atoms with Crippen molar-refractivity contribution in [2.24, 2.45) is 0 Å². The van der Waals surface area contributed by atoms with Crippen LogP contribution in [0, 0.1) is 0 Å². The molecule has 2 unspecified atom stereocenters. The van der Waals surface area contributed by atoms with Gasteiger partial charge in [0.1, 0.15) is 6.10 Å². The third kappa shape index (κ3) is 5.04. The Kier molecular flexibility index (Phi) is 7.05. The Balaban J connectivity index is 0.00000192. The summed E-state index contributed by atoms with van der Waals surface area (Å²) >= 11 is 1.67. The summed E-state index contributed by atoms with van der Waals surface area (Å²) in [6.45, 7) is 1.97. The molecule has 0 saturated carbocycles. The zero-order valence-corrected chi connectivity index (χ0v) is 14.4. The average Bonchev–Trinajstić information content (AvgIpc) is 3.10. The normalized spacial score (nSPS) is 18.7. The third-order valence-electron chi connectivity index (χ3n) is 3.71. The van der Waals surface area contributed by atoms with Crippen molar-refractivity contribution in [3.05, 3.63) is 58.3 Å². The number of rotatable bonds is 5. The fraction of sp³-hybridized carbons (Fsp3) is 0.353. The molecule has 6 heteroatoms. The van der Waals surface area contributed by atoms with E-state index in [1.165, 1.54) is 10.4 Å². The van der Waals surface area contributed by atoms with Gasteiger partial charge in [0.25, 0.3) is 5.91 Å². The summed E-state index contributed by atoms with van der Waals surface area (Å²) < 4.78 is 5.54. The van der Waals surface area contributed by atoms with E-state index in [-0.39, 0.29) is 24.4 Å². The van der Waals surface area contributed by atoms with E-state index < -0.39 is 6.10 Å². The molecule has 1 aliphatic heterocycles. The van der Waals surface area contributed by atoms with Gasteiger partial charge in [-0.05, 0) is 23.4 Å². The van der Waals surface area contributed by atoms with Gasteiger partial charge in [-0.25, -0.2) is 0 Å². The van der Waals surface area contributed by atoms with Gasteiger partial charge in [0.05, 0.1) is 12.6 Å². The van der Waals surface area contributed by atoms with Crippen LogP contribution in [0.15, 0.2) is 47.8 Å². The number of hydrogen-bond donors (Lipinski definition) is 2. The highest BCUT2D eigenvalue weighted by molar-refractivity contribution is 7.10. The lowest BCUT2D eigenvalue weighted by atomic mass is 10.0. The zero-order chi connectivity index (χ0) is 15.2. The van der Waals surface area contributed by atoms with Gasteiger partial charge in [-0.2, -0.15) is 0 Å². The molecule has 1 aromatic heterocycles. The van der Waals surface area contributed by atoms with Crippen LogP contribution in [0.25, 0.3) is 0 Å². The standard InChI is InChI=1S/C17H20N2O2S.ClH/c20-17(15-12-18-8-9-21-15)19-14(16-7-4-10-22-16)11-13-5-2-1-3-6-13;/h1-7,10,14-15,18H,8-9,11-12H2,(H,19,20);1H. The predicted molar refractivity (Wildman–Crippen MR) is 95.2 cm³/mol. The molecule has 0 spiro atoms. The summed E-state index contributed by atoms with van der Waals surface area (Å²) in [7, 11) is 0. The van der Waals surface area contributed by atoms with E-state index in [2.05, 4.69) is 28.8 Å². The van der Waals surface area contributed by atoms with Crippen LogP contribution in [0.4, 0.5) is 0 Å². The van der Waals surface area contributed by atoms with E-state index >= 15 is 0 Å². The molecule has 1 amide bonds. The smallest absolute Gasteiger partial charge is 0.250 e. The van der Waals surface area contributed by atoms with E-state index in [4.69, 9.17) is 4.74 Å². The summed E-state index contributed by atoms with van der Waals surface area (Å²) in [4.78, 5) is 13.6. The monoisotopic (exact) mass is 352 g/mol. The molecule has 2 heterocycles. The molecule has 23 heavy (non-hydrogen) atoms. The first-order chi connectivity index (χ1) is 10.8. The SMILES string of the molecule is Cl.O=C(NC(Cc1ccccc1)c1cccs1)C1CNCCO1. The number of thiophene rings is 1. The number of nitrogens with one attached hydrogen (secondary N) is 2. The molecule has 124 valence electrons. The van der Waals surface area contributed by atoms with Crippen molar-refractivity contribution >= 4 is 29.7 Å². The quantitative estimate of drug-likeness (QED) is 0.869. The first-order valence-electron chi connectivity index (χ1n) is 7.53. The van der Waals surface area contributed by atoms with Crippen LogP contribution in [-0.4, -0.2) is 31.7 Å². The van der Waals surface area contributed by atoms with E-state index in [0.29, 0.717) is 13.2 Å². The largest absolute Gasteiger partial charge is 0.366 e. The van der Waals surface area contributed by atoms with Crippen molar-refractivity contribution in [3.8, 4) is 0 Å². The zero-order valence-electron chi connectivity index (χ0n) is 12.7. The summed E-state index contributed by atoms with van der Waals surface area (Å²) in [5.41, 5.74) is 1.21. The minimum Gasteiger partial charge on any atom is -0.366 e.